The van der Waals surface area contributed by atoms with Crippen LogP contribution in [0, 0.1) is 23.7 Å². The normalized spacial score (nSPS) is 39.5. The zero-order valence-electron chi connectivity index (χ0n) is 9.14. The van der Waals surface area contributed by atoms with Gasteiger partial charge < -0.3 is 0 Å². The highest BCUT2D eigenvalue weighted by atomic mass is 14.3. The predicted molar refractivity (Wildman–Crippen MR) is 55.1 cm³/mol. The van der Waals surface area contributed by atoms with Crippen LogP contribution in [0.3, 0.4) is 0 Å². The van der Waals surface area contributed by atoms with Crippen molar-refractivity contribution in [3.8, 4) is 0 Å². The second-order valence-electron chi connectivity index (χ2n) is 4.91. The van der Waals surface area contributed by atoms with E-state index in [9.17, 15) is 0 Å². The van der Waals surface area contributed by atoms with Gasteiger partial charge in [-0.2, -0.15) is 0 Å². The number of hydrogen-bond donors (Lipinski definition) is 0. The molecule has 1 rings (SSSR count). The minimum Gasteiger partial charge on any atom is -0.0651 e. The molecule has 0 aliphatic heterocycles. The van der Waals surface area contributed by atoms with Crippen molar-refractivity contribution in [1.29, 1.82) is 0 Å². The fraction of sp³-hybridized carbons (Fsp3) is 1.00. The van der Waals surface area contributed by atoms with Crippen molar-refractivity contribution in [2.75, 3.05) is 0 Å². The first-order valence-corrected chi connectivity index (χ1v) is 5.65. The van der Waals surface area contributed by atoms with E-state index in [0.29, 0.717) is 0 Å². The molecule has 4 atom stereocenters. The summed E-state index contributed by atoms with van der Waals surface area (Å²) in [7, 11) is 0. The van der Waals surface area contributed by atoms with Gasteiger partial charge in [-0.05, 0) is 36.5 Å². The first kappa shape index (κ1) is 10.1. The average molecular weight is 168 g/mol. The molecule has 0 bridgehead atoms. The van der Waals surface area contributed by atoms with Gasteiger partial charge in [0.05, 0.1) is 0 Å². The molecule has 1 saturated carbocycles. The minimum atomic E-state index is 0.958. The molecule has 0 heteroatoms. The summed E-state index contributed by atoms with van der Waals surface area (Å²) in [6, 6.07) is 0. The summed E-state index contributed by atoms with van der Waals surface area (Å²) in [6.07, 6.45) is 5.80. The van der Waals surface area contributed by atoms with Crippen LogP contribution in [0.2, 0.25) is 0 Å². The summed E-state index contributed by atoms with van der Waals surface area (Å²) in [6.45, 7) is 9.59. The van der Waals surface area contributed by atoms with Gasteiger partial charge in [-0.3, -0.25) is 0 Å². The van der Waals surface area contributed by atoms with Crippen molar-refractivity contribution in [3.05, 3.63) is 0 Å². The van der Waals surface area contributed by atoms with E-state index in [2.05, 4.69) is 27.7 Å². The Morgan fingerprint density at radius 1 is 1.17 bits per heavy atom. The Morgan fingerprint density at radius 2 is 1.83 bits per heavy atom. The van der Waals surface area contributed by atoms with E-state index in [4.69, 9.17) is 0 Å². The van der Waals surface area contributed by atoms with Crippen LogP contribution in [0.15, 0.2) is 0 Å². The van der Waals surface area contributed by atoms with Gasteiger partial charge in [0.1, 0.15) is 0 Å². The fourth-order valence-corrected chi connectivity index (χ4v) is 2.44. The minimum absolute atomic E-state index is 0.958. The molecule has 0 aromatic carbocycles. The van der Waals surface area contributed by atoms with E-state index in [0.717, 1.165) is 23.7 Å². The van der Waals surface area contributed by atoms with Gasteiger partial charge in [-0.1, -0.05) is 40.5 Å². The number of hydrogen-bond acceptors (Lipinski definition) is 0. The van der Waals surface area contributed by atoms with Crippen molar-refractivity contribution < 1.29 is 0 Å². The molecule has 0 spiro atoms. The van der Waals surface area contributed by atoms with Gasteiger partial charge >= 0.3 is 0 Å². The standard InChI is InChI=1S/C12H24/c1-5-9(2)12-7-6-10(3)11(4)8-12/h9-12H,5-8H2,1-4H3. The Morgan fingerprint density at radius 3 is 2.33 bits per heavy atom. The average Bonchev–Trinajstić information content (AvgIpc) is 2.08. The maximum absolute atomic E-state index is 2.43. The predicted octanol–water partition coefficient (Wildman–Crippen LogP) is 4.10. The molecule has 0 N–H and O–H groups in total. The molecule has 0 saturated heterocycles. The highest BCUT2D eigenvalue weighted by Crippen LogP contribution is 2.37. The van der Waals surface area contributed by atoms with Crippen molar-refractivity contribution in [1.82, 2.24) is 0 Å². The Labute approximate surface area is 77.7 Å². The van der Waals surface area contributed by atoms with E-state index >= 15 is 0 Å². The van der Waals surface area contributed by atoms with Gasteiger partial charge in [-0.25, -0.2) is 0 Å². The first-order valence-electron chi connectivity index (χ1n) is 5.65. The molecular formula is C12H24. The summed E-state index contributed by atoms with van der Waals surface area (Å²) >= 11 is 0. The van der Waals surface area contributed by atoms with Crippen molar-refractivity contribution in [3.63, 3.8) is 0 Å². The Hall–Kier alpha value is 0. The molecule has 4 unspecified atom stereocenters. The largest absolute Gasteiger partial charge is 0.0651 e. The Bertz CT molecular complexity index is 128. The van der Waals surface area contributed by atoms with Gasteiger partial charge in [-0.15, -0.1) is 0 Å². The summed E-state index contributed by atoms with van der Waals surface area (Å²) in [4.78, 5) is 0. The van der Waals surface area contributed by atoms with Crippen LogP contribution >= 0.6 is 0 Å². The third-order valence-corrected chi connectivity index (χ3v) is 4.09. The van der Waals surface area contributed by atoms with Gasteiger partial charge in [0.25, 0.3) is 0 Å². The molecule has 0 nitrogen and oxygen atoms in total. The van der Waals surface area contributed by atoms with E-state index < -0.39 is 0 Å². The van der Waals surface area contributed by atoms with Crippen LogP contribution in [0.4, 0.5) is 0 Å². The highest BCUT2D eigenvalue weighted by molar-refractivity contribution is 4.77. The van der Waals surface area contributed by atoms with Gasteiger partial charge in [0.2, 0.25) is 0 Å². The first-order chi connectivity index (χ1) is 5.65. The lowest BCUT2D eigenvalue weighted by Crippen LogP contribution is -2.24. The summed E-state index contributed by atoms with van der Waals surface area (Å²) in [5.74, 6) is 3.93. The summed E-state index contributed by atoms with van der Waals surface area (Å²) in [5.41, 5.74) is 0. The molecule has 0 aromatic rings. The molecule has 0 amide bonds. The summed E-state index contributed by atoms with van der Waals surface area (Å²) in [5, 5.41) is 0. The van der Waals surface area contributed by atoms with Crippen LogP contribution in [0.25, 0.3) is 0 Å². The third kappa shape index (κ3) is 2.24. The maximum Gasteiger partial charge on any atom is -0.0386 e. The van der Waals surface area contributed by atoms with Crippen LogP contribution in [-0.4, -0.2) is 0 Å². The Balaban J connectivity index is 2.39. The van der Waals surface area contributed by atoms with Crippen molar-refractivity contribution in [2.45, 2.75) is 53.4 Å². The maximum atomic E-state index is 2.43. The van der Waals surface area contributed by atoms with Gasteiger partial charge in [0, 0.05) is 0 Å². The molecule has 1 fully saturated rings. The molecule has 12 heavy (non-hydrogen) atoms. The van der Waals surface area contributed by atoms with Crippen LogP contribution < -0.4 is 0 Å². The molecule has 1 aliphatic rings. The SMILES string of the molecule is CCC(C)C1CCC(C)C(C)C1. The zero-order chi connectivity index (χ0) is 9.14. The van der Waals surface area contributed by atoms with Crippen LogP contribution in [0.1, 0.15) is 53.4 Å². The lowest BCUT2D eigenvalue weighted by molar-refractivity contribution is 0.161. The smallest absolute Gasteiger partial charge is 0.0386 e. The topological polar surface area (TPSA) is 0 Å². The Kier molecular flexibility index (Phi) is 3.61. The lowest BCUT2D eigenvalue weighted by atomic mass is 9.71. The second kappa shape index (κ2) is 4.30. The van der Waals surface area contributed by atoms with E-state index in [-0.39, 0.29) is 0 Å². The molecule has 0 aromatic heterocycles. The third-order valence-electron chi connectivity index (χ3n) is 4.09. The molecule has 0 heterocycles. The van der Waals surface area contributed by atoms with Crippen LogP contribution in [0.5, 0.6) is 0 Å². The van der Waals surface area contributed by atoms with E-state index in [1.807, 2.05) is 0 Å². The van der Waals surface area contributed by atoms with Crippen molar-refractivity contribution in [2.24, 2.45) is 23.7 Å². The monoisotopic (exact) mass is 168 g/mol. The summed E-state index contributed by atoms with van der Waals surface area (Å²) < 4.78 is 0. The molecular weight excluding hydrogens is 144 g/mol. The second-order valence-corrected chi connectivity index (χ2v) is 4.91. The lowest BCUT2D eigenvalue weighted by Gasteiger charge is -2.35. The van der Waals surface area contributed by atoms with Crippen LogP contribution in [-0.2, 0) is 0 Å². The van der Waals surface area contributed by atoms with Gasteiger partial charge in [0.15, 0.2) is 0 Å². The highest BCUT2D eigenvalue weighted by Gasteiger charge is 2.26. The van der Waals surface area contributed by atoms with E-state index in [1.54, 1.807) is 0 Å². The number of rotatable bonds is 2. The molecule has 0 radical (unpaired) electrons. The quantitative estimate of drug-likeness (QED) is 0.582. The van der Waals surface area contributed by atoms with E-state index in [1.165, 1.54) is 25.7 Å². The fourth-order valence-electron chi connectivity index (χ4n) is 2.44. The molecule has 1 aliphatic carbocycles. The van der Waals surface area contributed by atoms with Crippen molar-refractivity contribution >= 4 is 0 Å². The zero-order valence-corrected chi connectivity index (χ0v) is 9.14. The molecule has 72 valence electrons.